The minimum absolute atomic E-state index is 0.267. The Morgan fingerprint density at radius 2 is 1.75 bits per heavy atom. The van der Waals surface area contributed by atoms with Crippen molar-refractivity contribution in [2.45, 2.75) is 45.2 Å². The van der Waals surface area contributed by atoms with E-state index in [4.69, 9.17) is 0 Å². The van der Waals surface area contributed by atoms with Crippen molar-refractivity contribution in [1.29, 1.82) is 0 Å². The summed E-state index contributed by atoms with van der Waals surface area (Å²) in [4.78, 5) is 1.43. The van der Waals surface area contributed by atoms with E-state index in [1.807, 2.05) is 0 Å². The van der Waals surface area contributed by atoms with Crippen LogP contribution >= 0.6 is 0 Å². The molecule has 2 N–H and O–H groups in total. The first kappa shape index (κ1) is 10.0. The molecular weight excluding hydrogens is 148 g/mol. The first-order valence-electron chi connectivity index (χ1n) is 4.92. The number of nitrogens with one attached hydrogen (secondary N) is 2. The van der Waals surface area contributed by atoms with E-state index in [1.54, 1.807) is 0 Å². The standard InChI is InChI=1S/C10H22N2/c1-10(2,3)11-9-5-7-12(4)8-6-9/h9,11-12H,4-8H2,1-3H3. The summed E-state index contributed by atoms with van der Waals surface area (Å²) in [5.41, 5.74) is 0.267. The fourth-order valence-electron chi connectivity index (χ4n) is 1.78. The molecule has 0 bridgehead atoms. The Labute approximate surface area is 76.3 Å². The van der Waals surface area contributed by atoms with E-state index in [9.17, 15) is 0 Å². The van der Waals surface area contributed by atoms with Gasteiger partial charge in [0.05, 0.1) is 13.1 Å². The molecule has 1 saturated heterocycles. The smallest absolute Gasteiger partial charge is 0.0545 e. The van der Waals surface area contributed by atoms with E-state index in [0.29, 0.717) is 0 Å². The van der Waals surface area contributed by atoms with Gasteiger partial charge in [-0.05, 0) is 20.8 Å². The second-order valence-electron chi connectivity index (χ2n) is 4.92. The molecule has 1 fully saturated rings. The predicted octanol–water partition coefficient (Wildman–Crippen LogP) is 0.213. The molecule has 12 heavy (non-hydrogen) atoms. The van der Waals surface area contributed by atoms with Crippen LogP contribution in [-0.4, -0.2) is 24.7 Å². The summed E-state index contributed by atoms with van der Waals surface area (Å²) in [5, 5.41) is 3.64. The second kappa shape index (κ2) is 3.75. The minimum Gasteiger partial charge on any atom is -0.468 e. The third-order valence-corrected chi connectivity index (χ3v) is 2.33. The van der Waals surface area contributed by atoms with E-state index in [0.717, 1.165) is 6.04 Å². The molecule has 2 nitrogen and oxygen atoms in total. The van der Waals surface area contributed by atoms with E-state index in [1.165, 1.54) is 30.8 Å². The van der Waals surface area contributed by atoms with Gasteiger partial charge in [0.15, 0.2) is 0 Å². The van der Waals surface area contributed by atoms with Crippen molar-refractivity contribution < 1.29 is 4.90 Å². The van der Waals surface area contributed by atoms with Crippen molar-refractivity contribution in [2.24, 2.45) is 0 Å². The Balaban J connectivity index is 2.26. The molecule has 0 unspecified atom stereocenters. The maximum atomic E-state index is 4.02. The highest BCUT2D eigenvalue weighted by Gasteiger charge is 2.21. The molecule has 0 aromatic heterocycles. The fraction of sp³-hybridized carbons (Fsp3) is 0.900. The molecule has 0 aliphatic carbocycles. The second-order valence-corrected chi connectivity index (χ2v) is 4.92. The number of piperidine rings is 1. The SMILES string of the molecule is [CH2-][NH+]1CCC(NC(C)(C)C)CC1. The number of hydrogen-bond acceptors (Lipinski definition) is 1. The lowest BCUT2D eigenvalue weighted by Crippen LogP contribution is -3.08. The van der Waals surface area contributed by atoms with Gasteiger partial charge >= 0.3 is 0 Å². The zero-order valence-electron chi connectivity index (χ0n) is 8.61. The van der Waals surface area contributed by atoms with E-state index in [2.05, 4.69) is 33.1 Å². The van der Waals surface area contributed by atoms with E-state index in [-0.39, 0.29) is 5.54 Å². The lowest BCUT2D eigenvalue weighted by atomic mass is 10.0. The van der Waals surface area contributed by atoms with Crippen LogP contribution < -0.4 is 10.2 Å². The predicted molar refractivity (Wildman–Crippen MR) is 52.0 cm³/mol. The maximum absolute atomic E-state index is 4.02. The van der Waals surface area contributed by atoms with Gasteiger partial charge in [0.25, 0.3) is 0 Å². The molecule has 2 heteroatoms. The van der Waals surface area contributed by atoms with Gasteiger partial charge in [0, 0.05) is 24.4 Å². The summed E-state index contributed by atoms with van der Waals surface area (Å²) in [5.74, 6) is 0. The Kier molecular flexibility index (Phi) is 3.13. The Morgan fingerprint density at radius 3 is 2.17 bits per heavy atom. The zero-order valence-corrected chi connectivity index (χ0v) is 8.61. The third-order valence-electron chi connectivity index (χ3n) is 2.33. The van der Waals surface area contributed by atoms with Crippen LogP contribution in [0.1, 0.15) is 33.6 Å². The van der Waals surface area contributed by atoms with Crippen LogP contribution in [0.5, 0.6) is 0 Å². The van der Waals surface area contributed by atoms with Crippen molar-refractivity contribution in [3.63, 3.8) is 0 Å². The maximum Gasteiger partial charge on any atom is 0.0545 e. The summed E-state index contributed by atoms with van der Waals surface area (Å²) in [6, 6.07) is 0.718. The van der Waals surface area contributed by atoms with Crippen molar-refractivity contribution in [3.8, 4) is 0 Å². The summed E-state index contributed by atoms with van der Waals surface area (Å²) < 4.78 is 0. The van der Waals surface area contributed by atoms with Crippen LogP contribution in [0, 0.1) is 7.05 Å². The normalized spacial score (nSPS) is 32.0. The van der Waals surface area contributed by atoms with Gasteiger partial charge in [-0.3, -0.25) is 0 Å². The molecule has 0 aromatic rings. The monoisotopic (exact) mass is 170 g/mol. The number of likely N-dealkylation sites (tertiary alicyclic amines) is 1. The minimum atomic E-state index is 0.267. The average Bonchev–Trinajstić information content (AvgIpc) is 1.91. The summed E-state index contributed by atoms with van der Waals surface area (Å²) in [6.45, 7) is 9.13. The zero-order chi connectivity index (χ0) is 9.19. The molecule has 0 amide bonds. The molecule has 0 aromatic carbocycles. The lowest BCUT2D eigenvalue weighted by Gasteiger charge is -2.35. The quantitative estimate of drug-likeness (QED) is 0.538. The van der Waals surface area contributed by atoms with Crippen LogP contribution in [0.3, 0.4) is 0 Å². The first-order chi connectivity index (χ1) is 5.47. The molecule has 1 aliphatic heterocycles. The summed E-state index contributed by atoms with van der Waals surface area (Å²) in [6.07, 6.45) is 2.55. The molecule has 0 atom stereocenters. The molecular formula is C10H22N2. The number of quaternary nitrogens is 1. The lowest BCUT2D eigenvalue weighted by molar-refractivity contribution is -0.859. The van der Waals surface area contributed by atoms with Crippen LogP contribution in [0.4, 0.5) is 0 Å². The summed E-state index contributed by atoms with van der Waals surface area (Å²) >= 11 is 0. The van der Waals surface area contributed by atoms with Gasteiger partial charge in [-0.1, -0.05) is 0 Å². The Hall–Kier alpha value is -0.0800. The molecule has 0 saturated carbocycles. The molecule has 72 valence electrons. The van der Waals surface area contributed by atoms with Gasteiger partial charge in [-0.25, -0.2) is 0 Å². The third kappa shape index (κ3) is 3.55. The van der Waals surface area contributed by atoms with Gasteiger partial charge in [0.1, 0.15) is 0 Å². The Bertz CT molecular complexity index is 129. The van der Waals surface area contributed by atoms with E-state index < -0.39 is 0 Å². The first-order valence-corrected chi connectivity index (χ1v) is 4.92. The molecule has 0 spiro atoms. The van der Waals surface area contributed by atoms with Gasteiger partial charge in [-0.15, -0.1) is 0 Å². The van der Waals surface area contributed by atoms with Crippen molar-refractivity contribution in [3.05, 3.63) is 7.05 Å². The largest absolute Gasteiger partial charge is 0.468 e. The Morgan fingerprint density at radius 1 is 1.25 bits per heavy atom. The van der Waals surface area contributed by atoms with Gasteiger partial charge in [0.2, 0.25) is 0 Å². The van der Waals surface area contributed by atoms with E-state index >= 15 is 0 Å². The van der Waals surface area contributed by atoms with Crippen molar-refractivity contribution >= 4 is 0 Å². The summed E-state index contributed by atoms with van der Waals surface area (Å²) in [7, 11) is 4.02. The van der Waals surface area contributed by atoms with Crippen molar-refractivity contribution in [1.82, 2.24) is 5.32 Å². The van der Waals surface area contributed by atoms with Crippen molar-refractivity contribution in [2.75, 3.05) is 13.1 Å². The van der Waals surface area contributed by atoms with Crippen LogP contribution in [0.2, 0.25) is 0 Å². The van der Waals surface area contributed by atoms with Crippen LogP contribution in [-0.2, 0) is 0 Å². The topological polar surface area (TPSA) is 16.5 Å². The van der Waals surface area contributed by atoms with Gasteiger partial charge < -0.3 is 10.2 Å². The van der Waals surface area contributed by atoms with Crippen LogP contribution in [0.25, 0.3) is 0 Å². The number of hydrogen-bond donors (Lipinski definition) is 2. The molecule has 1 rings (SSSR count). The fourth-order valence-corrected chi connectivity index (χ4v) is 1.78. The highest BCUT2D eigenvalue weighted by atomic mass is 15.1. The highest BCUT2D eigenvalue weighted by molar-refractivity contribution is 4.78. The number of rotatable bonds is 1. The average molecular weight is 170 g/mol. The van der Waals surface area contributed by atoms with Gasteiger partial charge in [-0.2, -0.15) is 7.05 Å². The van der Waals surface area contributed by atoms with Crippen LogP contribution in [0.15, 0.2) is 0 Å². The molecule has 1 heterocycles. The highest BCUT2D eigenvalue weighted by Crippen LogP contribution is 2.07. The molecule has 0 radical (unpaired) electrons. The molecule has 1 aliphatic rings.